The molecule has 2 aromatic heterocycles. The molecule has 1 aliphatic rings. The molecule has 0 bridgehead atoms. The Hall–Kier alpha value is -2.18. The van der Waals surface area contributed by atoms with Crippen LogP contribution in [0.5, 0.6) is 0 Å². The van der Waals surface area contributed by atoms with Crippen molar-refractivity contribution in [3.63, 3.8) is 0 Å². The quantitative estimate of drug-likeness (QED) is 0.693. The van der Waals surface area contributed by atoms with Gasteiger partial charge in [-0.1, -0.05) is 41.9 Å². The summed E-state index contributed by atoms with van der Waals surface area (Å²) in [6, 6.07) is 9.77. The van der Waals surface area contributed by atoms with Gasteiger partial charge in [0.2, 0.25) is 0 Å². The molecule has 0 saturated carbocycles. The van der Waals surface area contributed by atoms with Crippen molar-refractivity contribution in [3.05, 3.63) is 57.9 Å². The minimum absolute atomic E-state index is 0.168. The minimum atomic E-state index is -0.284. The third-order valence-corrected chi connectivity index (χ3v) is 4.35. The fourth-order valence-corrected chi connectivity index (χ4v) is 3.24. The van der Waals surface area contributed by atoms with Gasteiger partial charge >= 0.3 is 5.69 Å². The average Bonchev–Trinajstić information content (AvgIpc) is 3.16. The van der Waals surface area contributed by atoms with E-state index in [1.54, 1.807) is 9.13 Å². The maximum Gasteiger partial charge on any atom is 0.332 e. The zero-order chi connectivity index (χ0) is 15.8. The van der Waals surface area contributed by atoms with E-state index in [9.17, 15) is 4.79 Å². The Bertz CT molecular complexity index is 898. The first-order valence-electron chi connectivity index (χ1n) is 7.52. The van der Waals surface area contributed by atoms with Crippen LogP contribution in [0.1, 0.15) is 24.6 Å². The summed E-state index contributed by atoms with van der Waals surface area (Å²) in [5.74, 6) is 0. The fourth-order valence-electron chi connectivity index (χ4n) is 3.01. The molecule has 1 fully saturated rings. The van der Waals surface area contributed by atoms with Gasteiger partial charge in [0.25, 0.3) is 0 Å². The van der Waals surface area contributed by atoms with Crippen molar-refractivity contribution in [1.29, 1.82) is 0 Å². The third-order valence-electron chi connectivity index (χ3n) is 4.07. The summed E-state index contributed by atoms with van der Waals surface area (Å²) in [4.78, 5) is 21.3. The number of hydrogen-bond donors (Lipinski definition) is 0. The molecule has 0 radical (unpaired) electrons. The van der Waals surface area contributed by atoms with Crippen LogP contribution in [0.3, 0.4) is 0 Å². The molecule has 0 spiro atoms. The van der Waals surface area contributed by atoms with E-state index in [1.165, 1.54) is 6.33 Å². The molecule has 0 aliphatic carbocycles. The second-order valence-corrected chi connectivity index (χ2v) is 5.89. The molecule has 7 heteroatoms. The Morgan fingerprint density at radius 3 is 2.83 bits per heavy atom. The molecule has 0 N–H and O–H groups in total. The van der Waals surface area contributed by atoms with Gasteiger partial charge in [0, 0.05) is 6.61 Å². The van der Waals surface area contributed by atoms with E-state index >= 15 is 0 Å². The van der Waals surface area contributed by atoms with E-state index in [0.717, 1.165) is 18.4 Å². The SMILES string of the molecule is O=c1n(Cc2ccccc2)c2c(Cl)ncnc2n1C1CCCO1. The third kappa shape index (κ3) is 2.44. The smallest absolute Gasteiger partial charge is 0.332 e. The zero-order valence-corrected chi connectivity index (χ0v) is 13.1. The van der Waals surface area contributed by atoms with Gasteiger partial charge in [0.1, 0.15) is 18.1 Å². The molecular weight excluding hydrogens is 316 g/mol. The highest BCUT2D eigenvalue weighted by Gasteiger charge is 2.26. The van der Waals surface area contributed by atoms with Crippen molar-refractivity contribution in [1.82, 2.24) is 19.1 Å². The summed E-state index contributed by atoms with van der Waals surface area (Å²) < 4.78 is 8.89. The number of ether oxygens (including phenoxy) is 1. The van der Waals surface area contributed by atoms with Crippen LogP contribution in [0.4, 0.5) is 0 Å². The summed E-state index contributed by atoms with van der Waals surface area (Å²) in [5.41, 5.74) is 1.93. The molecule has 1 saturated heterocycles. The van der Waals surface area contributed by atoms with Crippen molar-refractivity contribution in [2.24, 2.45) is 0 Å². The van der Waals surface area contributed by atoms with E-state index < -0.39 is 0 Å². The van der Waals surface area contributed by atoms with Crippen LogP contribution in [0, 0.1) is 0 Å². The van der Waals surface area contributed by atoms with Crippen molar-refractivity contribution >= 4 is 22.8 Å². The van der Waals surface area contributed by atoms with Crippen LogP contribution in [0.2, 0.25) is 5.15 Å². The van der Waals surface area contributed by atoms with Crippen molar-refractivity contribution in [2.45, 2.75) is 25.6 Å². The van der Waals surface area contributed by atoms with Crippen molar-refractivity contribution in [2.75, 3.05) is 6.61 Å². The first-order chi connectivity index (χ1) is 11.3. The molecule has 1 atom stereocenters. The van der Waals surface area contributed by atoms with E-state index in [2.05, 4.69) is 9.97 Å². The predicted molar refractivity (Wildman–Crippen MR) is 86.6 cm³/mol. The number of fused-ring (bicyclic) bond motifs is 1. The Morgan fingerprint density at radius 1 is 1.26 bits per heavy atom. The van der Waals surface area contributed by atoms with Gasteiger partial charge in [-0.2, -0.15) is 0 Å². The Labute approximate surface area is 137 Å². The van der Waals surface area contributed by atoms with Gasteiger partial charge in [-0.25, -0.2) is 19.3 Å². The summed E-state index contributed by atoms with van der Waals surface area (Å²) in [6.45, 7) is 1.07. The Morgan fingerprint density at radius 2 is 2.09 bits per heavy atom. The van der Waals surface area contributed by atoms with Crippen LogP contribution in [0.25, 0.3) is 11.2 Å². The number of hydrogen-bond acceptors (Lipinski definition) is 4. The van der Waals surface area contributed by atoms with Crippen LogP contribution in [-0.4, -0.2) is 25.7 Å². The molecule has 1 unspecified atom stereocenters. The molecule has 3 aromatic rings. The average molecular weight is 331 g/mol. The summed E-state index contributed by atoms with van der Waals surface area (Å²) >= 11 is 6.26. The van der Waals surface area contributed by atoms with Crippen LogP contribution in [0.15, 0.2) is 41.5 Å². The van der Waals surface area contributed by atoms with E-state index in [1.807, 2.05) is 30.3 Å². The maximum absolute atomic E-state index is 13.0. The first-order valence-corrected chi connectivity index (χ1v) is 7.90. The maximum atomic E-state index is 13.0. The number of nitrogens with zero attached hydrogens (tertiary/aromatic N) is 4. The van der Waals surface area contributed by atoms with Gasteiger partial charge < -0.3 is 4.74 Å². The molecule has 1 aromatic carbocycles. The Balaban J connectivity index is 1.92. The van der Waals surface area contributed by atoms with Crippen LogP contribution in [-0.2, 0) is 11.3 Å². The lowest BCUT2D eigenvalue weighted by atomic mass is 10.2. The number of rotatable bonds is 3. The summed E-state index contributed by atoms with van der Waals surface area (Å²) in [6.07, 6.45) is 2.82. The first kappa shape index (κ1) is 14.4. The van der Waals surface area contributed by atoms with E-state index in [4.69, 9.17) is 16.3 Å². The highest BCUT2D eigenvalue weighted by Crippen LogP contribution is 2.27. The second kappa shape index (κ2) is 5.79. The van der Waals surface area contributed by atoms with Gasteiger partial charge in [-0.3, -0.25) is 4.57 Å². The van der Waals surface area contributed by atoms with Crippen LogP contribution < -0.4 is 5.69 Å². The molecule has 4 rings (SSSR count). The number of aromatic nitrogens is 4. The number of benzene rings is 1. The molecule has 0 amide bonds. The second-order valence-electron chi connectivity index (χ2n) is 5.53. The molecular formula is C16H15ClN4O2. The molecule has 1 aliphatic heterocycles. The zero-order valence-electron chi connectivity index (χ0n) is 12.4. The van der Waals surface area contributed by atoms with E-state index in [0.29, 0.717) is 24.3 Å². The van der Waals surface area contributed by atoms with Gasteiger partial charge in [0.15, 0.2) is 10.8 Å². The molecule has 118 valence electrons. The minimum Gasteiger partial charge on any atom is -0.358 e. The van der Waals surface area contributed by atoms with E-state index in [-0.39, 0.29) is 17.1 Å². The highest BCUT2D eigenvalue weighted by molar-refractivity contribution is 6.33. The largest absolute Gasteiger partial charge is 0.358 e. The number of imidazole rings is 1. The lowest BCUT2D eigenvalue weighted by molar-refractivity contribution is 0.0563. The molecule has 23 heavy (non-hydrogen) atoms. The number of halogens is 1. The monoisotopic (exact) mass is 330 g/mol. The van der Waals surface area contributed by atoms with Gasteiger partial charge in [0.05, 0.1) is 6.54 Å². The lowest BCUT2D eigenvalue weighted by Crippen LogP contribution is -2.27. The lowest BCUT2D eigenvalue weighted by Gasteiger charge is -2.10. The van der Waals surface area contributed by atoms with Crippen molar-refractivity contribution < 1.29 is 4.74 Å². The fraction of sp³-hybridized carbons (Fsp3) is 0.312. The molecule has 6 nitrogen and oxygen atoms in total. The van der Waals surface area contributed by atoms with Crippen molar-refractivity contribution in [3.8, 4) is 0 Å². The van der Waals surface area contributed by atoms with Crippen LogP contribution >= 0.6 is 11.6 Å². The predicted octanol–water partition coefficient (Wildman–Crippen LogP) is 2.60. The Kier molecular flexibility index (Phi) is 3.63. The standard InChI is InChI=1S/C16H15ClN4O2/c17-14-13-15(19-10-18-14)21(12-7-4-8-23-12)16(22)20(13)9-11-5-2-1-3-6-11/h1-3,5-6,10,12H,4,7-9H2. The highest BCUT2D eigenvalue weighted by atomic mass is 35.5. The summed E-state index contributed by atoms with van der Waals surface area (Å²) in [7, 11) is 0. The molecule has 3 heterocycles. The van der Waals surface area contributed by atoms with Gasteiger partial charge in [-0.05, 0) is 18.4 Å². The summed E-state index contributed by atoms with van der Waals surface area (Å²) in [5, 5.41) is 0.278. The van der Waals surface area contributed by atoms with Gasteiger partial charge in [-0.15, -0.1) is 0 Å². The normalized spacial score (nSPS) is 17.9. The topological polar surface area (TPSA) is 61.9 Å².